The molecule has 0 spiro atoms. The third-order valence-corrected chi connectivity index (χ3v) is 2.57. The molecule has 98 valence electrons. The number of benzene rings is 1. The third-order valence-electron chi connectivity index (χ3n) is 2.57. The number of hydrogen-bond acceptors (Lipinski definition) is 4. The summed E-state index contributed by atoms with van der Waals surface area (Å²) in [6, 6.07) is 7.13. The van der Waals surface area contributed by atoms with E-state index in [-0.39, 0.29) is 5.97 Å². The van der Waals surface area contributed by atoms with Crippen LogP contribution in [-0.2, 0) is 20.9 Å². The van der Waals surface area contributed by atoms with Crippen LogP contribution in [0.3, 0.4) is 0 Å². The van der Waals surface area contributed by atoms with Crippen molar-refractivity contribution in [1.29, 1.82) is 0 Å². The maximum atomic E-state index is 11.8. The number of methoxy groups -OCH3 is 2. The highest BCUT2D eigenvalue weighted by Crippen LogP contribution is 2.20. The van der Waals surface area contributed by atoms with Crippen LogP contribution in [0.4, 0.5) is 0 Å². The second-order valence-electron chi connectivity index (χ2n) is 3.78. The topological polar surface area (TPSA) is 47.6 Å². The number of hydrogen-bond donors (Lipinski definition) is 1. The second kappa shape index (κ2) is 7.63. The minimum atomic E-state index is -0.501. The quantitative estimate of drug-likeness (QED) is 0.591. The summed E-state index contributed by atoms with van der Waals surface area (Å²) in [5, 5.41) is 3.09. The zero-order valence-corrected chi connectivity index (χ0v) is 10.8. The Morgan fingerprint density at radius 3 is 2.78 bits per heavy atom. The summed E-state index contributed by atoms with van der Waals surface area (Å²) in [7, 11) is 3.00. The van der Waals surface area contributed by atoms with Gasteiger partial charge in [0.15, 0.2) is 0 Å². The van der Waals surface area contributed by atoms with E-state index in [1.807, 2.05) is 24.3 Å². The van der Waals surface area contributed by atoms with E-state index in [1.54, 1.807) is 13.2 Å². The molecule has 0 saturated heterocycles. The van der Waals surface area contributed by atoms with Crippen LogP contribution >= 0.6 is 0 Å². The minimum absolute atomic E-state index is 0.319. The molecule has 0 amide bonds. The molecule has 0 aromatic heterocycles. The summed E-state index contributed by atoms with van der Waals surface area (Å²) in [5.41, 5.74) is 1.83. The van der Waals surface area contributed by atoms with Gasteiger partial charge in [-0.1, -0.05) is 30.3 Å². The van der Waals surface area contributed by atoms with Crippen molar-refractivity contribution < 1.29 is 14.3 Å². The van der Waals surface area contributed by atoms with Crippen LogP contribution in [0.5, 0.6) is 0 Å². The smallest absolute Gasteiger partial charge is 0.327 e. The van der Waals surface area contributed by atoms with Gasteiger partial charge in [0.05, 0.1) is 13.7 Å². The lowest BCUT2D eigenvalue weighted by Crippen LogP contribution is -2.30. The fourth-order valence-corrected chi connectivity index (χ4v) is 1.74. The van der Waals surface area contributed by atoms with Crippen LogP contribution < -0.4 is 5.32 Å². The van der Waals surface area contributed by atoms with Crippen LogP contribution in [0.15, 0.2) is 36.9 Å². The van der Waals surface area contributed by atoms with E-state index in [4.69, 9.17) is 9.47 Å². The molecular formula is C14H19NO3. The van der Waals surface area contributed by atoms with Crippen molar-refractivity contribution in [2.75, 3.05) is 20.8 Å². The molecule has 1 atom stereocenters. The van der Waals surface area contributed by atoms with Crippen molar-refractivity contribution in [3.05, 3.63) is 48.0 Å². The zero-order valence-electron chi connectivity index (χ0n) is 10.8. The van der Waals surface area contributed by atoms with Gasteiger partial charge in [-0.2, -0.15) is 0 Å². The van der Waals surface area contributed by atoms with E-state index in [2.05, 4.69) is 11.9 Å². The Bertz CT molecular complexity index is 404. The molecule has 1 unspecified atom stereocenters. The summed E-state index contributed by atoms with van der Waals surface area (Å²) in [5.74, 6) is -0.319. The Labute approximate surface area is 108 Å². The fourth-order valence-electron chi connectivity index (χ4n) is 1.74. The Hall–Kier alpha value is -1.65. The van der Waals surface area contributed by atoms with Gasteiger partial charge in [0.2, 0.25) is 0 Å². The lowest BCUT2D eigenvalue weighted by Gasteiger charge is -2.19. The Morgan fingerprint density at radius 2 is 2.17 bits per heavy atom. The van der Waals surface area contributed by atoms with Crippen LogP contribution in [-0.4, -0.2) is 26.7 Å². The van der Waals surface area contributed by atoms with Crippen molar-refractivity contribution in [2.24, 2.45) is 0 Å². The number of nitrogens with one attached hydrogen (secondary N) is 1. The van der Waals surface area contributed by atoms with Gasteiger partial charge < -0.3 is 9.47 Å². The maximum Gasteiger partial charge on any atom is 0.327 e. The van der Waals surface area contributed by atoms with E-state index < -0.39 is 6.04 Å². The highest BCUT2D eigenvalue weighted by atomic mass is 16.5. The standard InChI is InChI=1S/C14H19NO3/c1-4-9-15-13(14(16)18-3)12-8-6-5-7-11(12)10-17-2/h4-8,13,15H,1,9-10H2,2-3H3. The molecule has 1 aromatic carbocycles. The van der Waals surface area contributed by atoms with Crippen molar-refractivity contribution in [1.82, 2.24) is 5.32 Å². The predicted molar refractivity (Wildman–Crippen MR) is 70.1 cm³/mol. The molecule has 4 nitrogen and oxygen atoms in total. The van der Waals surface area contributed by atoms with Gasteiger partial charge in [-0.05, 0) is 11.1 Å². The molecule has 4 heteroatoms. The SMILES string of the molecule is C=CCNC(C(=O)OC)c1ccccc1COC. The zero-order chi connectivity index (χ0) is 13.4. The number of carbonyl (C=O) groups is 1. The van der Waals surface area contributed by atoms with E-state index in [0.717, 1.165) is 11.1 Å². The van der Waals surface area contributed by atoms with Gasteiger partial charge in [0.1, 0.15) is 6.04 Å². The molecule has 1 rings (SSSR count). The van der Waals surface area contributed by atoms with Gasteiger partial charge in [-0.25, -0.2) is 4.79 Å². The van der Waals surface area contributed by atoms with Crippen molar-refractivity contribution in [3.63, 3.8) is 0 Å². The highest BCUT2D eigenvalue weighted by Gasteiger charge is 2.22. The summed E-state index contributed by atoms with van der Waals surface area (Å²) in [6.45, 7) is 4.62. The molecule has 0 bridgehead atoms. The first kappa shape index (κ1) is 14.4. The average molecular weight is 249 g/mol. The summed E-state index contributed by atoms with van der Waals surface area (Å²) >= 11 is 0. The normalized spacial score (nSPS) is 11.9. The van der Waals surface area contributed by atoms with Crippen LogP contribution in [0.1, 0.15) is 17.2 Å². The van der Waals surface area contributed by atoms with Crippen LogP contribution in [0.25, 0.3) is 0 Å². The Kier molecular flexibility index (Phi) is 6.11. The van der Waals surface area contributed by atoms with Gasteiger partial charge >= 0.3 is 5.97 Å². The third kappa shape index (κ3) is 3.68. The molecule has 0 radical (unpaired) electrons. The molecule has 18 heavy (non-hydrogen) atoms. The van der Waals surface area contributed by atoms with Gasteiger partial charge in [-0.15, -0.1) is 6.58 Å². The van der Waals surface area contributed by atoms with E-state index in [9.17, 15) is 4.79 Å². The second-order valence-corrected chi connectivity index (χ2v) is 3.78. The van der Waals surface area contributed by atoms with Crippen LogP contribution in [0, 0.1) is 0 Å². The molecule has 1 aromatic rings. The first-order chi connectivity index (χ1) is 8.74. The van der Waals surface area contributed by atoms with E-state index in [1.165, 1.54) is 7.11 Å². The fraction of sp³-hybridized carbons (Fsp3) is 0.357. The number of carbonyl (C=O) groups excluding carboxylic acids is 1. The first-order valence-electron chi connectivity index (χ1n) is 5.73. The largest absolute Gasteiger partial charge is 0.468 e. The van der Waals surface area contributed by atoms with Crippen molar-refractivity contribution in [3.8, 4) is 0 Å². The Balaban J connectivity index is 3.02. The molecule has 0 aliphatic carbocycles. The minimum Gasteiger partial charge on any atom is -0.468 e. The molecular weight excluding hydrogens is 230 g/mol. The monoisotopic (exact) mass is 249 g/mol. The summed E-state index contributed by atoms with van der Waals surface area (Å²) in [6.07, 6.45) is 1.70. The van der Waals surface area contributed by atoms with Crippen LogP contribution in [0.2, 0.25) is 0 Å². The summed E-state index contributed by atoms with van der Waals surface area (Å²) in [4.78, 5) is 11.8. The van der Waals surface area contributed by atoms with Crippen molar-refractivity contribution >= 4 is 5.97 Å². The summed E-state index contributed by atoms with van der Waals surface area (Å²) < 4.78 is 9.96. The molecule has 0 heterocycles. The van der Waals surface area contributed by atoms with Gasteiger partial charge in [0, 0.05) is 13.7 Å². The molecule has 1 N–H and O–H groups in total. The molecule has 0 fully saturated rings. The number of ether oxygens (including phenoxy) is 2. The molecule has 0 aliphatic rings. The van der Waals surface area contributed by atoms with E-state index >= 15 is 0 Å². The van der Waals surface area contributed by atoms with E-state index in [0.29, 0.717) is 13.2 Å². The first-order valence-corrected chi connectivity index (χ1v) is 5.73. The maximum absolute atomic E-state index is 11.8. The highest BCUT2D eigenvalue weighted by molar-refractivity contribution is 5.78. The number of esters is 1. The lowest BCUT2D eigenvalue weighted by molar-refractivity contribution is -0.143. The lowest BCUT2D eigenvalue weighted by atomic mass is 10.0. The molecule has 0 saturated carbocycles. The van der Waals surface area contributed by atoms with Gasteiger partial charge in [0.25, 0.3) is 0 Å². The Morgan fingerprint density at radius 1 is 1.44 bits per heavy atom. The number of rotatable bonds is 7. The van der Waals surface area contributed by atoms with Gasteiger partial charge in [-0.3, -0.25) is 5.32 Å². The van der Waals surface area contributed by atoms with Crippen molar-refractivity contribution in [2.45, 2.75) is 12.6 Å². The molecule has 0 aliphatic heterocycles. The predicted octanol–water partition coefficient (Wildman–Crippen LogP) is 1.82. The average Bonchev–Trinajstić information content (AvgIpc) is 2.40.